The number of nitrogens with one attached hydrogen (secondary N) is 1. The van der Waals surface area contributed by atoms with E-state index >= 15 is 0 Å². The van der Waals surface area contributed by atoms with Crippen LogP contribution in [-0.2, 0) is 58.3 Å². The number of nitrogens with zero attached hydrogens (tertiary/aromatic N) is 7. The fourth-order valence-corrected chi connectivity index (χ4v) is 10.1. The molecule has 1 saturated heterocycles. The number of likely N-dealkylation sites (N-methyl/N-ethyl adjacent to an activating group) is 2. The molecule has 1 aromatic carbocycles. The van der Waals surface area contributed by atoms with E-state index in [0.717, 1.165) is 17.2 Å². The molecular formula is C46H58N8O14. The summed E-state index contributed by atoms with van der Waals surface area (Å²) >= 11 is 0. The third-order valence-electron chi connectivity index (χ3n) is 13.5. The molecule has 2 aromatic rings. The number of ether oxygens (including phenoxy) is 7. The first kappa shape index (κ1) is 49.6. The largest absolute Gasteiger partial charge is 0.492 e. The second kappa shape index (κ2) is 21.3. The molecule has 366 valence electrons. The van der Waals surface area contributed by atoms with Gasteiger partial charge in [-0.25, -0.2) is 9.59 Å². The quantitative estimate of drug-likeness (QED) is 0.0534. The monoisotopic (exact) mass is 946 g/mol. The summed E-state index contributed by atoms with van der Waals surface area (Å²) in [4.78, 5) is 87.6. The van der Waals surface area contributed by atoms with Gasteiger partial charge in [-0.3, -0.25) is 24.1 Å². The van der Waals surface area contributed by atoms with Crippen molar-refractivity contribution in [2.45, 2.75) is 68.9 Å². The van der Waals surface area contributed by atoms with E-state index in [1.165, 1.54) is 35.6 Å². The number of carbonyl (C=O) groups is 6. The maximum atomic E-state index is 13.5. The van der Waals surface area contributed by atoms with E-state index in [-0.39, 0.29) is 92.5 Å². The molecule has 1 spiro atoms. The number of likely N-dealkylation sites (tertiary alicyclic amines) is 1. The number of hydrogen-bond donors (Lipinski definition) is 2. The number of ketones is 3. The van der Waals surface area contributed by atoms with Gasteiger partial charge in [0.25, 0.3) is 0 Å². The highest BCUT2D eigenvalue weighted by Crippen LogP contribution is 2.65. The van der Waals surface area contributed by atoms with Crippen LogP contribution >= 0.6 is 0 Å². The lowest BCUT2D eigenvalue weighted by Gasteiger charge is -2.62. The van der Waals surface area contributed by atoms with Crippen molar-refractivity contribution in [2.75, 3.05) is 100 Å². The molecule has 68 heavy (non-hydrogen) atoms. The van der Waals surface area contributed by atoms with Crippen molar-refractivity contribution >= 4 is 35.4 Å². The minimum Gasteiger partial charge on any atom is -0.492 e. The second-order valence-corrected chi connectivity index (χ2v) is 17.2. The Balaban J connectivity index is 0.923. The molecule has 5 aliphatic rings. The van der Waals surface area contributed by atoms with Crippen LogP contribution in [0.3, 0.4) is 0 Å². The fraction of sp³-hybridized carbons (Fsp3) is 0.565. The van der Waals surface area contributed by atoms with Gasteiger partial charge in [0.1, 0.15) is 18.8 Å². The number of allylic oxidation sites excluding steroid dienone is 2. The molecule has 1 aromatic heterocycles. The molecule has 3 heterocycles. The van der Waals surface area contributed by atoms with E-state index in [9.17, 15) is 33.9 Å². The lowest BCUT2D eigenvalue weighted by molar-refractivity contribution is -0.187. The van der Waals surface area contributed by atoms with Crippen LogP contribution in [0.25, 0.3) is 10.4 Å². The Morgan fingerprint density at radius 2 is 1.75 bits per heavy atom. The Hall–Kier alpha value is -6.29. The molecule has 2 bridgehead atoms. The zero-order chi connectivity index (χ0) is 48.8. The number of carbonyl (C=O) groups excluding carboxylic acids is 6. The Morgan fingerprint density at radius 1 is 1.04 bits per heavy atom. The third-order valence-corrected chi connectivity index (χ3v) is 13.5. The number of benzene rings is 1. The summed E-state index contributed by atoms with van der Waals surface area (Å²) in [5.74, 6) is -1.51. The highest BCUT2D eigenvalue weighted by molar-refractivity contribution is 6.24. The third kappa shape index (κ3) is 9.43. The maximum Gasteiger partial charge on any atom is 0.415 e. The molecule has 7 rings (SSSR count). The Bertz CT molecular complexity index is 2410. The molecule has 3 amide bonds. The second-order valence-electron chi connectivity index (χ2n) is 17.2. The van der Waals surface area contributed by atoms with Gasteiger partial charge < -0.3 is 57.9 Å². The number of rotatable bonds is 23. The number of methoxy groups -OCH3 is 1. The average molecular weight is 947 g/mol. The van der Waals surface area contributed by atoms with Crippen LogP contribution in [-0.4, -0.2) is 178 Å². The highest BCUT2D eigenvalue weighted by Gasteiger charge is 2.73. The van der Waals surface area contributed by atoms with Gasteiger partial charge in [-0.05, 0) is 43.3 Å². The summed E-state index contributed by atoms with van der Waals surface area (Å²) in [6.45, 7) is 8.15. The molecule has 22 nitrogen and oxygen atoms in total. The predicted molar refractivity (Wildman–Crippen MR) is 239 cm³/mol. The number of azide groups is 1. The van der Waals surface area contributed by atoms with Gasteiger partial charge in [0.05, 0.1) is 63.3 Å². The van der Waals surface area contributed by atoms with Crippen molar-refractivity contribution in [1.82, 2.24) is 24.6 Å². The van der Waals surface area contributed by atoms with Gasteiger partial charge >= 0.3 is 12.2 Å². The molecule has 2 aliphatic heterocycles. The van der Waals surface area contributed by atoms with E-state index in [0.29, 0.717) is 70.2 Å². The number of fused-ring (bicyclic) bond motifs is 1. The molecule has 22 heteroatoms. The lowest BCUT2D eigenvalue weighted by atomic mass is 9.49. The minimum absolute atomic E-state index is 0.00645. The molecule has 0 radical (unpaired) electrons. The predicted octanol–water partition coefficient (Wildman–Crippen LogP) is 2.79. The normalized spacial score (nSPS) is 22.0. The first-order valence-electron chi connectivity index (χ1n) is 22.5. The van der Waals surface area contributed by atoms with Crippen LogP contribution in [0.1, 0.15) is 62.5 Å². The van der Waals surface area contributed by atoms with E-state index in [4.69, 9.17) is 38.7 Å². The highest BCUT2D eigenvalue weighted by atomic mass is 16.6. The first-order valence-corrected chi connectivity index (χ1v) is 22.5. The standard InChI is InChI=1S/C46H58N8O14/c1-6-14-53-15-11-45-38-29-7-8-33(41(38)68-42(45)31(55)9-10-46(45,61)35(53)24-29)67-44(60)52(4)17-16-51(3)43(59)66-27-30-28(2)54(39-32(56)25-34(62-5)40(58)37(30)39)26-36(57)48-12-18-63-20-22-65-23-21-64-19-13-49-50-47/h6-8,25,35,42,61H,1,9-24,26-27H2,2-5H3,(H,48,57)/t35-,42+,45+,46-/m1/s1. The summed E-state index contributed by atoms with van der Waals surface area (Å²) in [7, 11) is 4.22. The van der Waals surface area contributed by atoms with Gasteiger partial charge in [0.15, 0.2) is 29.1 Å². The number of amides is 3. The molecule has 4 atom stereocenters. The van der Waals surface area contributed by atoms with Gasteiger partial charge in [0, 0.05) is 93.6 Å². The summed E-state index contributed by atoms with van der Waals surface area (Å²) < 4.78 is 40.6. The molecule has 3 aliphatic carbocycles. The van der Waals surface area contributed by atoms with E-state index < -0.39 is 53.4 Å². The van der Waals surface area contributed by atoms with Crippen molar-refractivity contribution in [2.24, 2.45) is 5.11 Å². The van der Waals surface area contributed by atoms with Crippen molar-refractivity contribution in [3.8, 4) is 11.5 Å². The molecule has 2 N–H and O–H groups in total. The number of hydrogen-bond acceptors (Lipinski definition) is 16. The molecule has 2 fully saturated rings. The van der Waals surface area contributed by atoms with Crippen molar-refractivity contribution in [3.63, 3.8) is 0 Å². The summed E-state index contributed by atoms with van der Waals surface area (Å²) in [5.41, 5.74) is 8.24. The van der Waals surface area contributed by atoms with Crippen LogP contribution in [0.4, 0.5) is 9.59 Å². The smallest absolute Gasteiger partial charge is 0.415 e. The Morgan fingerprint density at radius 3 is 2.46 bits per heavy atom. The zero-order valence-electron chi connectivity index (χ0n) is 38.8. The molecular weight excluding hydrogens is 889 g/mol. The van der Waals surface area contributed by atoms with Crippen molar-refractivity contribution in [3.05, 3.63) is 80.7 Å². The van der Waals surface area contributed by atoms with Crippen LogP contribution in [0.5, 0.6) is 11.5 Å². The first-order chi connectivity index (χ1) is 32.7. The van der Waals surface area contributed by atoms with Gasteiger partial charge in [-0.15, -0.1) is 6.58 Å². The van der Waals surface area contributed by atoms with Crippen LogP contribution < -0.4 is 14.8 Å². The molecule has 0 unspecified atom stereocenters. The SMILES string of the molecule is C=CCN1CC[C@]23c4c5ccc(OC(=O)N(C)CCN(C)C(=O)OCc6c7c(n(CC(=O)NCCOCCOCCOCCN=[N+]=[N-])c6C)C(=O)C=C(OC)C7=O)c4O[C@H]2C(=O)CC[C@@]3(O)[C@H]1C5. The van der Waals surface area contributed by atoms with Gasteiger partial charge in [0.2, 0.25) is 17.5 Å². The van der Waals surface area contributed by atoms with E-state index in [1.54, 1.807) is 13.0 Å². The van der Waals surface area contributed by atoms with Crippen LogP contribution in [0.15, 0.2) is 41.7 Å². The average Bonchev–Trinajstić information content (AvgIpc) is 3.82. The molecule has 1 saturated carbocycles. The Kier molecular flexibility index (Phi) is 15.6. The fourth-order valence-electron chi connectivity index (χ4n) is 10.1. The number of Topliss-reactive ketones (excluding diaryl/α,β-unsaturated/α-hetero) is 2. The number of aromatic nitrogens is 1. The van der Waals surface area contributed by atoms with Gasteiger partial charge in [-0.2, -0.15) is 0 Å². The maximum absolute atomic E-state index is 13.5. The van der Waals surface area contributed by atoms with Crippen molar-refractivity contribution in [1.29, 1.82) is 0 Å². The summed E-state index contributed by atoms with van der Waals surface area (Å²) in [5, 5.41) is 18.6. The topological polar surface area (TPSA) is 263 Å². The van der Waals surface area contributed by atoms with E-state index in [1.807, 2.05) is 12.1 Å². The van der Waals surface area contributed by atoms with E-state index in [2.05, 4.69) is 26.8 Å². The summed E-state index contributed by atoms with van der Waals surface area (Å²) in [6.07, 6.45) is 1.95. The van der Waals surface area contributed by atoms with Crippen LogP contribution in [0, 0.1) is 6.92 Å². The zero-order valence-corrected chi connectivity index (χ0v) is 38.8. The minimum atomic E-state index is -1.22. The number of aliphatic hydroxyl groups is 1. The van der Waals surface area contributed by atoms with Gasteiger partial charge in [-0.1, -0.05) is 17.3 Å². The van der Waals surface area contributed by atoms with Crippen molar-refractivity contribution < 1.29 is 67.0 Å². The van der Waals surface area contributed by atoms with Crippen LogP contribution in [0.2, 0.25) is 0 Å². The summed E-state index contributed by atoms with van der Waals surface area (Å²) in [6, 6.07) is 3.30. The Labute approximate surface area is 392 Å². The lowest BCUT2D eigenvalue weighted by Crippen LogP contribution is -2.76. The number of piperidine rings is 1.